The summed E-state index contributed by atoms with van der Waals surface area (Å²) in [6, 6.07) is 0. The van der Waals surface area contributed by atoms with Crippen molar-refractivity contribution >= 4 is 11.6 Å². The second-order valence-electron chi connectivity index (χ2n) is 5.01. The lowest BCUT2D eigenvalue weighted by Crippen LogP contribution is -2.32. The van der Waals surface area contributed by atoms with E-state index in [4.69, 9.17) is 5.73 Å². The highest BCUT2D eigenvalue weighted by Crippen LogP contribution is 2.12. The minimum Gasteiger partial charge on any atom is -0.396 e. The van der Waals surface area contributed by atoms with Gasteiger partial charge in [0, 0.05) is 13.1 Å². The summed E-state index contributed by atoms with van der Waals surface area (Å²) in [7, 11) is 0. The Morgan fingerprint density at radius 2 is 1.50 bits per heavy atom. The molecule has 0 aliphatic carbocycles. The molecule has 0 aliphatic rings. The van der Waals surface area contributed by atoms with Crippen LogP contribution >= 0.6 is 0 Å². The van der Waals surface area contributed by atoms with Crippen molar-refractivity contribution in [3.05, 3.63) is 12.4 Å². The predicted molar refractivity (Wildman–Crippen MR) is 68.3 cm³/mol. The summed E-state index contributed by atoms with van der Waals surface area (Å²) < 4.78 is 0. The van der Waals surface area contributed by atoms with Crippen LogP contribution in [0.25, 0.3) is 0 Å². The molecule has 0 atom stereocenters. The molecular formula is C12H22N4. The first-order chi connectivity index (χ1) is 7.49. The number of nitrogens with two attached hydrogens (primary N) is 1. The van der Waals surface area contributed by atoms with Crippen molar-refractivity contribution in [1.29, 1.82) is 0 Å². The largest absolute Gasteiger partial charge is 0.396 e. The highest BCUT2D eigenvalue weighted by molar-refractivity contribution is 5.37. The lowest BCUT2D eigenvalue weighted by Gasteiger charge is -2.26. The summed E-state index contributed by atoms with van der Waals surface area (Å²) >= 11 is 0. The SMILES string of the molecule is CC(C)CN(CC(C)C)c1ncc(N)cn1. The van der Waals surface area contributed by atoms with Crippen molar-refractivity contribution in [3.8, 4) is 0 Å². The fourth-order valence-corrected chi connectivity index (χ4v) is 1.61. The summed E-state index contributed by atoms with van der Waals surface area (Å²) in [6.45, 7) is 10.7. The second-order valence-corrected chi connectivity index (χ2v) is 5.01. The molecule has 1 rings (SSSR count). The van der Waals surface area contributed by atoms with Gasteiger partial charge in [-0.1, -0.05) is 27.7 Å². The Kier molecular flexibility index (Phi) is 4.52. The number of nitrogen functional groups attached to an aromatic ring is 1. The Morgan fingerprint density at radius 3 is 1.88 bits per heavy atom. The van der Waals surface area contributed by atoms with Crippen LogP contribution in [0.3, 0.4) is 0 Å². The first kappa shape index (κ1) is 12.7. The van der Waals surface area contributed by atoms with E-state index in [0.717, 1.165) is 19.0 Å². The molecule has 0 bridgehead atoms. The average Bonchev–Trinajstić information content (AvgIpc) is 2.16. The van der Waals surface area contributed by atoms with Gasteiger partial charge in [-0.3, -0.25) is 0 Å². The lowest BCUT2D eigenvalue weighted by atomic mass is 10.1. The van der Waals surface area contributed by atoms with Gasteiger partial charge in [-0.25, -0.2) is 9.97 Å². The van der Waals surface area contributed by atoms with Crippen molar-refractivity contribution in [2.45, 2.75) is 27.7 Å². The summed E-state index contributed by atoms with van der Waals surface area (Å²) in [5.41, 5.74) is 6.19. The maximum absolute atomic E-state index is 5.59. The van der Waals surface area contributed by atoms with Gasteiger partial charge in [0.05, 0.1) is 18.1 Å². The third-order valence-corrected chi connectivity index (χ3v) is 2.11. The number of nitrogens with zero attached hydrogens (tertiary/aromatic N) is 3. The molecule has 0 radical (unpaired) electrons. The van der Waals surface area contributed by atoms with Gasteiger partial charge in [-0.05, 0) is 11.8 Å². The summed E-state index contributed by atoms with van der Waals surface area (Å²) in [6.07, 6.45) is 3.33. The summed E-state index contributed by atoms with van der Waals surface area (Å²) in [5.74, 6) is 1.97. The second kappa shape index (κ2) is 5.68. The zero-order chi connectivity index (χ0) is 12.1. The Balaban J connectivity index is 2.78. The maximum Gasteiger partial charge on any atom is 0.225 e. The third kappa shape index (κ3) is 4.04. The van der Waals surface area contributed by atoms with E-state index in [1.165, 1.54) is 0 Å². The molecular weight excluding hydrogens is 200 g/mol. The molecule has 0 spiro atoms. The third-order valence-electron chi connectivity index (χ3n) is 2.11. The molecule has 90 valence electrons. The number of anilines is 2. The molecule has 0 amide bonds. The Labute approximate surface area is 97.9 Å². The molecule has 0 unspecified atom stereocenters. The topological polar surface area (TPSA) is 55.0 Å². The van der Waals surface area contributed by atoms with Crippen molar-refractivity contribution in [1.82, 2.24) is 9.97 Å². The predicted octanol–water partition coefficient (Wildman–Crippen LogP) is 2.18. The lowest BCUT2D eigenvalue weighted by molar-refractivity contribution is 0.544. The van der Waals surface area contributed by atoms with Gasteiger partial charge in [0.2, 0.25) is 5.95 Å². The van der Waals surface area contributed by atoms with Gasteiger partial charge < -0.3 is 10.6 Å². The molecule has 4 heteroatoms. The number of rotatable bonds is 5. The van der Waals surface area contributed by atoms with E-state index >= 15 is 0 Å². The van der Waals surface area contributed by atoms with Gasteiger partial charge in [-0.15, -0.1) is 0 Å². The Bertz CT molecular complexity index is 295. The quantitative estimate of drug-likeness (QED) is 0.829. The van der Waals surface area contributed by atoms with Gasteiger partial charge in [0.1, 0.15) is 0 Å². The average molecular weight is 222 g/mol. The van der Waals surface area contributed by atoms with Crippen LogP contribution in [0.4, 0.5) is 11.6 Å². The van der Waals surface area contributed by atoms with Crippen LogP contribution < -0.4 is 10.6 Å². The maximum atomic E-state index is 5.59. The molecule has 1 aromatic heterocycles. The zero-order valence-corrected chi connectivity index (χ0v) is 10.6. The van der Waals surface area contributed by atoms with Crippen molar-refractivity contribution in [2.24, 2.45) is 11.8 Å². The normalized spacial score (nSPS) is 11.1. The number of hydrogen-bond acceptors (Lipinski definition) is 4. The van der Waals surface area contributed by atoms with Crippen LogP contribution in [-0.2, 0) is 0 Å². The smallest absolute Gasteiger partial charge is 0.225 e. The highest BCUT2D eigenvalue weighted by Gasteiger charge is 2.12. The molecule has 0 aliphatic heterocycles. The zero-order valence-electron chi connectivity index (χ0n) is 10.6. The van der Waals surface area contributed by atoms with Gasteiger partial charge in [0.15, 0.2) is 0 Å². The van der Waals surface area contributed by atoms with E-state index < -0.39 is 0 Å². The molecule has 16 heavy (non-hydrogen) atoms. The van der Waals surface area contributed by atoms with Crippen LogP contribution in [0.5, 0.6) is 0 Å². The fraction of sp³-hybridized carbons (Fsp3) is 0.667. The monoisotopic (exact) mass is 222 g/mol. The van der Waals surface area contributed by atoms with Crippen LogP contribution in [0.2, 0.25) is 0 Å². The van der Waals surface area contributed by atoms with E-state index in [9.17, 15) is 0 Å². The molecule has 0 saturated heterocycles. The van der Waals surface area contributed by atoms with Crippen molar-refractivity contribution in [3.63, 3.8) is 0 Å². The summed E-state index contributed by atoms with van der Waals surface area (Å²) in [4.78, 5) is 10.8. The molecule has 0 fully saturated rings. The van der Waals surface area contributed by atoms with Crippen molar-refractivity contribution < 1.29 is 0 Å². The first-order valence-electron chi connectivity index (χ1n) is 5.81. The van der Waals surface area contributed by atoms with E-state index in [0.29, 0.717) is 17.5 Å². The standard InChI is InChI=1S/C12H22N4/c1-9(2)7-16(8-10(3)4)12-14-5-11(13)6-15-12/h5-6,9-10H,7-8,13H2,1-4H3. The molecule has 1 heterocycles. The van der Waals surface area contributed by atoms with Gasteiger partial charge >= 0.3 is 0 Å². The molecule has 2 N–H and O–H groups in total. The van der Waals surface area contributed by atoms with Crippen molar-refractivity contribution in [2.75, 3.05) is 23.7 Å². The highest BCUT2D eigenvalue weighted by atomic mass is 15.2. The molecule has 1 aromatic rings. The van der Waals surface area contributed by atoms with Crippen LogP contribution in [-0.4, -0.2) is 23.1 Å². The first-order valence-corrected chi connectivity index (χ1v) is 5.81. The van der Waals surface area contributed by atoms with Crippen LogP contribution in [0.15, 0.2) is 12.4 Å². The minimum absolute atomic E-state index is 0.597. The molecule has 4 nitrogen and oxygen atoms in total. The minimum atomic E-state index is 0.597. The van der Waals surface area contributed by atoms with E-state index in [1.807, 2.05) is 0 Å². The van der Waals surface area contributed by atoms with Gasteiger partial charge in [-0.2, -0.15) is 0 Å². The van der Waals surface area contributed by atoms with Crippen LogP contribution in [0.1, 0.15) is 27.7 Å². The Hall–Kier alpha value is -1.32. The van der Waals surface area contributed by atoms with Crippen LogP contribution in [0, 0.1) is 11.8 Å². The molecule has 0 aromatic carbocycles. The number of aromatic nitrogens is 2. The number of hydrogen-bond donors (Lipinski definition) is 1. The van der Waals surface area contributed by atoms with E-state index in [2.05, 4.69) is 42.6 Å². The Morgan fingerprint density at radius 1 is 1.06 bits per heavy atom. The molecule has 0 saturated carbocycles. The van der Waals surface area contributed by atoms with Gasteiger partial charge in [0.25, 0.3) is 0 Å². The van der Waals surface area contributed by atoms with E-state index in [-0.39, 0.29) is 0 Å². The fourth-order valence-electron chi connectivity index (χ4n) is 1.61. The summed E-state index contributed by atoms with van der Waals surface area (Å²) in [5, 5.41) is 0. The van der Waals surface area contributed by atoms with E-state index in [1.54, 1.807) is 12.4 Å².